The van der Waals surface area contributed by atoms with Gasteiger partial charge in [-0.05, 0) is 19.1 Å². The highest BCUT2D eigenvalue weighted by Crippen LogP contribution is 2.28. The summed E-state index contributed by atoms with van der Waals surface area (Å²) in [7, 11) is 0. The normalized spacial score (nSPS) is 14.9. The van der Waals surface area contributed by atoms with Crippen molar-refractivity contribution in [1.29, 1.82) is 0 Å². The Hall–Kier alpha value is -2.36. The Morgan fingerprint density at radius 2 is 2.11 bits per heavy atom. The molecule has 0 saturated carbocycles. The van der Waals surface area contributed by atoms with E-state index in [0.29, 0.717) is 5.69 Å². The minimum atomic E-state index is -0.199. The molecule has 1 aromatic rings. The number of amides is 2. The molecule has 2 rings (SSSR count). The molecule has 0 atom stereocenters. The minimum Gasteiger partial charge on any atom is -0.323 e. The van der Waals surface area contributed by atoms with Crippen LogP contribution in [0.2, 0.25) is 0 Å². The van der Waals surface area contributed by atoms with Crippen molar-refractivity contribution in [2.24, 2.45) is 0 Å². The van der Waals surface area contributed by atoms with Gasteiger partial charge >= 0.3 is 0 Å². The van der Waals surface area contributed by atoms with Crippen LogP contribution >= 0.6 is 0 Å². The molecular weight excluding hydrogens is 228 g/mol. The van der Waals surface area contributed by atoms with Gasteiger partial charge in [-0.2, -0.15) is 0 Å². The lowest BCUT2D eigenvalue weighted by Crippen LogP contribution is -2.41. The van der Waals surface area contributed by atoms with Crippen LogP contribution in [0.25, 0.3) is 0 Å². The van der Waals surface area contributed by atoms with Gasteiger partial charge < -0.3 is 5.32 Å². The van der Waals surface area contributed by atoms with Gasteiger partial charge in [0, 0.05) is 6.08 Å². The Kier molecular flexibility index (Phi) is 3.57. The van der Waals surface area contributed by atoms with Crippen LogP contribution in [0.1, 0.15) is 6.92 Å². The molecule has 0 spiro atoms. The molecule has 1 aromatic carbocycles. The van der Waals surface area contributed by atoms with E-state index < -0.39 is 0 Å². The summed E-state index contributed by atoms with van der Waals surface area (Å²) in [6.45, 7) is 1.93. The van der Waals surface area contributed by atoms with Crippen LogP contribution in [0, 0.1) is 0 Å². The second-order valence-corrected chi connectivity index (χ2v) is 3.87. The third-order valence-corrected chi connectivity index (χ3v) is 2.58. The molecule has 0 bridgehead atoms. The summed E-state index contributed by atoms with van der Waals surface area (Å²) in [5.41, 5.74) is 1.40. The Morgan fingerprint density at radius 1 is 1.33 bits per heavy atom. The maximum atomic E-state index is 12.0. The number of hydrogen-bond acceptors (Lipinski definition) is 2. The van der Waals surface area contributed by atoms with E-state index in [0.717, 1.165) is 5.69 Å². The number of nitrogens with one attached hydrogen (secondary N) is 1. The minimum absolute atomic E-state index is 0.0516. The van der Waals surface area contributed by atoms with Crippen LogP contribution in [0.5, 0.6) is 0 Å². The topological polar surface area (TPSA) is 49.4 Å². The van der Waals surface area contributed by atoms with E-state index in [1.165, 1.54) is 11.0 Å². The fraction of sp³-hybridized carbons (Fsp3) is 0.143. The second kappa shape index (κ2) is 5.31. The molecule has 4 heteroatoms. The molecule has 0 saturated heterocycles. The van der Waals surface area contributed by atoms with E-state index >= 15 is 0 Å². The van der Waals surface area contributed by atoms with Crippen molar-refractivity contribution in [3.05, 3.63) is 48.6 Å². The predicted octanol–water partition coefficient (Wildman–Crippen LogP) is 2.10. The maximum Gasteiger partial charge on any atom is 0.251 e. The molecule has 0 aliphatic carbocycles. The molecule has 2 amide bonds. The molecule has 1 heterocycles. The number of rotatable bonds is 2. The smallest absolute Gasteiger partial charge is 0.251 e. The first kappa shape index (κ1) is 12.1. The number of benzene rings is 1. The van der Waals surface area contributed by atoms with Gasteiger partial charge in [0.05, 0.1) is 11.4 Å². The highest BCUT2D eigenvalue weighted by Gasteiger charge is 2.24. The first-order chi connectivity index (χ1) is 8.72. The summed E-state index contributed by atoms with van der Waals surface area (Å²) in [6, 6.07) is 7.26. The summed E-state index contributed by atoms with van der Waals surface area (Å²) in [4.78, 5) is 25.0. The van der Waals surface area contributed by atoms with E-state index in [-0.39, 0.29) is 18.4 Å². The number of carbonyl (C=O) groups is 2. The van der Waals surface area contributed by atoms with Gasteiger partial charge in [-0.3, -0.25) is 14.5 Å². The predicted molar refractivity (Wildman–Crippen MR) is 71.4 cm³/mol. The van der Waals surface area contributed by atoms with Crippen LogP contribution in [0.15, 0.2) is 48.6 Å². The lowest BCUT2D eigenvalue weighted by Gasteiger charge is -2.28. The number of allylic oxidation sites excluding steroid dienone is 3. The zero-order valence-electron chi connectivity index (χ0n) is 10.1. The summed E-state index contributed by atoms with van der Waals surface area (Å²) < 4.78 is 0. The largest absolute Gasteiger partial charge is 0.323 e. The molecule has 4 nitrogen and oxygen atoms in total. The summed E-state index contributed by atoms with van der Waals surface area (Å²) in [5, 5.41) is 2.74. The maximum absolute atomic E-state index is 12.0. The average molecular weight is 242 g/mol. The van der Waals surface area contributed by atoms with Gasteiger partial charge in [0.2, 0.25) is 5.91 Å². The van der Waals surface area contributed by atoms with Crippen molar-refractivity contribution in [2.45, 2.75) is 6.92 Å². The van der Waals surface area contributed by atoms with Gasteiger partial charge in [0.25, 0.3) is 5.91 Å². The van der Waals surface area contributed by atoms with E-state index in [2.05, 4.69) is 5.32 Å². The molecule has 92 valence electrons. The molecule has 0 radical (unpaired) electrons. The lowest BCUT2D eigenvalue weighted by molar-refractivity contribution is -0.119. The quantitative estimate of drug-likeness (QED) is 0.637. The highest BCUT2D eigenvalue weighted by molar-refractivity contribution is 6.12. The average Bonchev–Trinajstić information content (AvgIpc) is 2.38. The zero-order chi connectivity index (χ0) is 13.0. The van der Waals surface area contributed by atoms with Crippen LogP contribution < -0.4 is 10.2 Å². The SMILES string of the molecule is C/C=C\C=C\C(=O)N1CC(=O)Nc2ccccc21. The van der Waals surface area contributed by atoms with E-state index in [1.807, 2.05) is 31.2 Å². The van der Waals surface area contributed by atoms with Gasteiger partial charge in [-0.15, -0.1) is 0 Å². The standard InChI is InChI=1S/C14H14N2O2/c1-2-3-4-9-14(18)16-10-13(17)15-11-7-5-6-8-12(11)16/h2-9H,10H2,1H3,(H,15,17)/b3-2-,9-4+. The van der Waals surface area contributed by atoms with Crippen LogP contribution in [0.4, 0.5) is 11.4 Å². The van der Waals surface area contributed by atoms with Crippen molar-refractivity contribution in [3.63, 3.8) is 0 Å². The van der Waals surface area contributed by atoms with Gasteiger partial charge in [-0.1, -0.05) is 30.4 Å². The fourth-order valence-corrected chi connectivity index (χ4v) is 1.77. The number of anilines is 2. The van der Waals surface area contributed by atoms with Crippen LogP contribution in [-0.4, -0.2) is 18.4 Å². The number of carbonyl (C=O) groups excluding carboxylic acids is 2. The molecule has 1 aliphatic rings. The monoisotopic (exact) mass is 242 g/mol. The van der Waals surface area contributed by atoms with Gasteiger partial charge in [-0.25, -0.2) is 0 Å². The number of fused-ring (bicyclic) bond motifs is 1. The molecule has 18 heavy (non-hydrogen) atoms. The van der Waals surface area contributed by atoms with Crippen molar-refractivity contribution in [3.8, 4) is 0 Å². The fourth-order valence-electron chi connectivity index (χ4n) is 1.77. The first-order valence-corrected chi connectivity index (χ1v) is 5.72. The van der Waals surface area contributed by atoms with Crippen LogP contribution in [0.3, 0.4) is 0 Å². The molecule has 0 aromatic heterocycles. The summed E-state index contributed by atoms with van der Waals surface area (Å²) >= 11 is 0. The third-order valence-electron chi connectivity index (χ3n) is 2.58. The summed E-state index contributed by atoms with van der Waals surface area (Å²) in [6.07, 6.45) is 6.72. The van der Waals surface area contributed by atoms with Crippen molar-refractivity contribution < 1.29 is 9.59 Å². The van der Waals surface area contributed by atoms with E-state index in [4.69, 9.17) is 0 Å². The number of nitrogens with zero attached hydrogens (tertiary/aromatic N) is 1. The van der Waals surface area contributed by atoms with Crippen LogP contribution in [-0.2, 0) is 9.59 Å². The Labute approximate surface area is 106 Å². The molecule has 0 fully saturated rings. The Balaban J connectivity index is 2.28. The highest BCUT2D eigenvalue weighted by atomic mass is 16.2. The van der Waals surface area contributed by atoms with Crippen molar-refractivity contribution >= 4 is 23.2 Å². The molecular formula is C14H14N2O2. The van der Waals surface area contributed by atoms with Gasteiger partial charge in [0.15, 0.2) is 0 Å². The number of para-hydroxylation sites is 2. The van der Waals surface area contributed by atoms with E-state index in [1.54, 1.807) is 18.2 Å². The summed E-state index contributed by atoms with van der Waals surface area (Å²) in [5.74, 6) is -0.378. The molecule has 1 aliphatic heterocycles. The Morgan fingerprint density at radius 3 is 2.89 bits per heavy atom. The number of hydrogen-bond donors (Lipinski definition) is 1. The van der Waals surface area contributed by atoms with Crippen molar-refractivity contribution in [1.82, 2.24) is 0 Å². The van der Waals surface area contributed by atoms with Gasteiger partial charge in [0.1, 0.15) is 6.54 Å². The second-order valence-electron chi connectivity index (χ2n) is 3.87. The zero-order valence-corrected chi connectivity index (χ0v) is 10.1. The molecule has 1 N–H and O–H groups in total. The third kappa shape index (κ3) is 2.48. The lowest BCUT2D eigenvalue weighted by atomic mass is 10.2. The molecule has 0 unspecified atom stereocenters. The Bertz CT molecular complexity index is 532. The first-order valence-electron chi connectivity index (χ1n) is 5.72. The van der Waals surface area contributed by atoms with Crippen molar-refractivity contribution in [2.75, 3.05) is 16.8 Å². The van der Waals surface area contributed by atoms with E-state index in [9.17, 15) is 9.59 Å².